The smallest absolute Gasteiger partial charge is 0.314 e. The number of ether oxygens (including phenoxy) is 2. The first kappa shape index (κ1) is 18.5. The molecule has 132 valence electrons. The predicted octanol–water partition coefficient (Wildman–Crippen LogP) is 3.76. The van der Waals surface area contributed by atoms with E-state index < -0.39 is 18.0 Å². The average Bonchev–Trinajstić information content (AvgIpc) is 2.63. The van der Waals surface area contributed by atoms with Gasteiger partial charge in [-0.05, 0) is 31.0 Å². The molecular weight excluding hydrogens is 318 g/mol. The van der Waals surface area contributed by atoms with Gasteiger partial charge in [-0.15, -0.1) is 0 Å². The molecule has 0 fully saturated rings. The molecule has 1 amide bonds. The van der Waals surface area contributed by atoms with Crippen LogP contribution in [0.1, 0.15) is 31.7 Å². The Kier molecular flexibility index (Phi) is 6.57. The third kappa shape index (κ3) is 4.83. The molecule has 0 aliphatic heterocycles. The number of amides is 1. The lowest BCUT2D eigenvalue weighted by atomic mass is 9.97. The van der Waals surface area contributed by atoms with Crippen molar-refractivity contribution >= 4 is 17.6 Å². The minimum Gasteiger partial charge on any atom is -0.495 e. The molecule has 25 heavy (non-hydrogen) atoms. The quantitative estimate of drug-likeness (QED) is 0.779. The van der Waals surface area contributed by atoms with Crippen LogP contribution in [0.5, 0.6) is 5.75 Å². The summed E-state index contributed by atoms with van der Waals surface area (Å²) in [5.74, 6) is -0.648. The maximum Gasteiger partial charge on any atom is 0.314 e. The molecule has 0 heterocycles. The minimum absolute atomic E-state index is 0.386. The number of anilines is 1. The van der Waals surface area contributed by atoms with Gasteiger partial charge in [-0.25, -0.2) is 0 Å². The molecule has 2 unspecified atom stereocenters. The van der Waals surface area contributed by atoms with Crippen molar-refractivity contribution < 1.29 is 19.1 Å². The van der Waals surface area contributed by atoms with Gasteiger partial charge in [-0.2, -0.15) is 0 Å². The van der Waals surface area contributed by atoms with Crippen LogP contribution in [0.4, 0.5) is 5.69 Å². The number of nitrogens with one attached hydrogen (secondary N) is 1. The minimum atomic E-state index is -0.907. The number of hydrogen-bond acceptors (Lipinski definition) is 4. The average molecular weight is 341 g/mol. The Labute approximate surface area is 148 Å². The molecule has 2 atom stereocenters. The maximum absolute atomic E-state index is 12.4. The Morgan fingerprint density at radius 2 is 1.68 bits per heavy atom. The molecule has 5 heteroatoms. The summed E-state index contributed by atoms with van der Waals surface area (Å²) >= 11 is 0. The van der Waals surface area contributed by atoms with Crippen LogP contribution < -0.4 is 10.1 Å². The van der Waals surface area contributed by atoms with Gasteiger partial charge in [0, 0.05) is 0 Å². The standard InChI is InChI=1S/C20H23NO4/c1-4-16(15-10-6-5-7-11-15)20(23)25-14(2)19(22)21-17-12-8-9-13-18(17)24-3/h5-14,16H,4H2,1-3H3,(H,21,22). The largest absolute Gasteiger partial charge is 0.495 e. The Morgan fingerprint density at radius 3 is 2.32 bits per heavy atom. The van der Waals surface area contributed by atoms with Crippen LogP contribution in [0.3, 0.4) is 0 Å². The van der Waals surface area contributed by atoms with Gasteiger partial charge in [0.15, 0.2) is 6.10 Å². The fraction of sp³-hybridized carbons (Fsp3) is 0.300. The molecule has 0 aromatic heterocycles. The zero-order valence-electron chi connectivity index (χ0n) is 14.7. The highest BCUT2D eigenvalue weighted by Crippen LogP contribution is 2.24. The first-order chi connectivity index (χ1) is 12.1. The van der Waals surface area contributed by atoms with Crippen molar-refractivity contribution in [3.05, 3.63) is 60.2 Å². The molecule has 0 spiro atoms. The number of carbonyl (C=O) groups excluding carboxylic acids is 2. The van der Waals surface area contributed by atoms with Gasteiger partial charge in [0.1, 0.15) is 5.75 Å². The van der Waals surface area contributed by atoms with Gasteiger partial charge in [0.05, 0.1) is 18.7 Å². The number of esters is 1. The van der Waals surface area contributed by atoms with Crippen LogP contribution in [-0.2, 0) is 14.3 Å². The zero-order chi connectivity index (χ0) is 18.2. The van der Waals surface area contributed by atoms with E-state index in [1.807, 2.05) is 43.3 Å². The molecule has 2 aromatic carbocycles. The van der Waals surface area contributed by atoms with E-state index in [-0.39, 0.29) is 5.92 Å². The van der Waals surface area contributed by atoms with Gasteiger partial charge in [0.25, 0.3) is 5.91 Å². The van der Waals surface area contributed by atoms with Crippen molar-refractivity contribution in [1.82, 2.24) is 0 Å². The third-order valence-electron chi connectivity index (χ3n) is 3.92. The molecule has 2 rings (SSSR count). The summed E-state index contributed by atoms with van der Waals surface area (Å²) in [6.45, 7) is 3.47. The Balaban J connectivity index is 2.01. The van der Waals surface area contributed by atoms with E-state index in [2.05, 4.69) is 5.32 Å². The number of carbonyl (C=O) groups is 2. The summed E-state index contributed by atoms with van der Waals surface area (Å²) in [5.41, 5.74) is 1.42. The van der Waals surface area contributed by atoms with E-state index in [9.17, 15) is 9.59 Å². The van der Waals surface area contributed by atoms with Crippen LogP contribution in [0.25, 0.3) is 0 Å². The summed E-state index contributed by atoms with van der Waals surface area (Å²) < 4.78 is 10.6. The van der Waals surface area contributed by atoms with E-state index in [4.69, 9.17) is 9.47 Å². The van der Waals surface area contributed by atoms with E-state index in [1.165, 1.54) is 7.11 Å². The lowest BCUT2D eigenvalue weighted by Gasteiger charge is -2.19. The molecule has 0 bridgehead atoms. The Hall–Kier alpha value is -2.82. The molecule has 0 saturated heterocycles. The van der Waals surface area contributed by atoms with Gasteiger partial charge in [-0.3, -0.25) is 9.59 Å². The molecule has 0 radical (unpaired) electrons. The van der Waals surface area contributed by atoms with Crippen molar-refractivity contribution in [1.29, 1.82) is 0 Å². The molecule has 0 saturated carbocycles. The fourth-order valence-electron chi connectivity index (χ4n) is 2.52. The monoisotopic (exact) mass is 341 g/mol. The number of rotatable bonds is 7. The highest BCUT2D eigenvalue weighted by molar-refractivity contribution is 5.96. The molecule has 0 aliphatic rings. The van der Waals surface area contributed by atoms with Crippen LogP contribution in [0, 0.1) is 0 Å². The highest BCUT2D eigenvalue weighted by atomic mass is 16.5. The number of benzene rings is 2. The second-order valence-electron chi connectivity index (χ2n) is 5.64. The normalized spacial score (nSPS) is 12.8. The highest BCUT2D eigenvalue weighted by Gasteiger charge is 2.25. The first-order valence-corrected chi connectivity index (χ1v) is 8.26. The summed E-state index contributed by atoms with van der Waals surface area (Å²) in [7, 11) is 1.53. The lowest BCUT2D eigenvalue weighted by Crippen LogP contribution is -2.31. The molecule has 5 nitrogen and oxygen atoms in total. The summed E-state index contributed by atoms with van der Waals surface area (Å²) in [6, 6.07) is 16.5. The van der Waals surface area contributed by atoms with Gasteiger partial charge in [0.2, 0.25) is 0 Å². The van der Waals surface area contributed by atoms with Gasteiger partial charge < -0.3 is 14.8 Å². The zero-order valence-corrected chi connectivity index (χ0v) is 14.7. The predicted molar refractivity (Wildman–Crippen MR) is 96.7 cm³/mol. The fourth-order valence-corrected chi connectivity index (χ4v) is 2.52. The van der Waals surface area contributed by atoms with Crippen molar-refractivity contribution in [2.45, 2.75) is 32.3 Å². The Morgan fingerprint density at radius 1 is 1.04 bits per heavy atom. The number of methoxy groups -OCH3 is 1. The van der Waals surface area contributed by atoms with Crippen molar-refractivity contribution in [2.75, 3.05) is 12.4 Å². The van der Waals surface area contributed by atoms with Crippen LogP contribution in [0.15, 0.2) is 54.6 Å². The van der Waals surface area contributed by atoms with E-state index >= 15 is 0 Å². The maximum atomic E-state index is 12.4. The molecule has 1 N–H and O–H groups in total. The SMILES string of the molecule is CCC(C(=O)OC(C)C(=O)Nc1ccccc1OC)c1ccccc1. The van der Waals surface area contributed by atoms with Crippen molar-refractivity contribution in [3.63, 3.8) is 0 Å². The van der Waals surface area contributed by atoms with Crippen molar-refractivity contribution in [2.24, 2.45) is 0 Å². The number of para-hydroxylation sites is 2. The lowest BCUT2D eigenvalue weighted by molar-refractivity contribution is -0.154. The van der Waals surface area contributed by atoms with E-state index in [0.717, 1.165) is 5.56 Å². The van der Waals surface area contributed by atoms with E-state index in [0.29, 0.717) is 17.9 Å². The molecule has 2 aromatic rings. The van der Waals surface area contributed by atoms with E-state index in [1.54, 1.807) is 25.1 Å². The molecule has 0 aliphatic carbocycles. The van der Waals surface area contributed by atoms with Crippen LogP contribution in [0.2, 0.25) is 0 Å². The van der Waals surface area contributed by atoms with Crippen LogP contribution >= 0.6 is 0 Å². The topological polar surface area (TPSA) is 64.6 Å². The second kappa shape index (κ2) is 8.87. The van der Waals surface area contributed by atoms with Crippen LogP contribution in [-0.4, -0.2) is 25.1 Å². The summed E-state index contributed by atoms with van der Waals surface area (Å²) in [6.07, 6.45) is -0.306. The van der Waals surface area contributed by atoms with Gasteiger partial charge in [-0.1, -0.05) is 49.4 Å². The summed E-state index contributed by atoms with van der Waals surface area (Å²) in [4.78, 5) is 24.8. The first-order valence-electron chi connectivity index (χ1n) is 8.26. The Bertz CT molecular complexity index is 715. The third-order valence-corrected chi connectivity index (χ3v) is 3.92. The molecular formula is C20H23NO4. The second-order valence-corrected chi connectivity index (χ2v) is 5.64. The number of hydrogen-bond donors (Lipinski definition) is 1. The van der Waals surface area contributed by atoms with Crippen molar-refractivity contribution in [3.8, 4) is 5.75 Å². The van der Waals surface area contributed by atoms with Gasteiger partial charge >= 0.3 is 5.97 Å². The summed E-state index contributed by atoms with van der Waals surface area (Å²) in [5, 5.41) is 2.72.